The summed E-state index contributed by atoms with van der Waals surface area (Å²) in [7, 11) is 0. The van der Waals surface area contributed by atoms with Crippen LogP contribution in [0, 0.1) is 0 Å². The van der Waals surface area contributed by atoms with E-state index in [4.69, 9.17) is 4.74 Å². The van der Waals surface area contributed by atoms with Crippen LogP contribution in [0.15, 0.2) is 24.3 Å². The Bertz CT molecular complexity index is 637. The maximum atomic E-state index is 12.1. The maximum absolute atomic E-state index is 12.1. The first kappa shape index (κ1) is 21.5. The van der Waals surface area contributed by atoms with E-state index in [9.17, 15) is 22.8 Å². The lowest BCUT2D eigenvalue weighted by molar-refractivity contribution is -0.119. The van der Waals surface area contributed by atoms with Crippen LogP contribution >= 0.6 is 11.8 Å². The summed E-state index contributed by atoms with van der Waals surface area (Å²) in [6, 6.07) is 6.84. The van der Waals surface area contributed by atoms with Crippen molar-refractivity contribution in [1.82, 2.24) is 10.2 Å². The third-order valence-corrected chi connectivity index (χ3v) is 4.56. The molecule has 2 rings (SSSR count). The second-order valence-corrected chi connectivity index (χ2v) is 7.00. The topological polar surface area (TPSA) is 70.7 Å². The van der Waals surface area contributed by atoms with Crippen molar-refractivity contribution in [1.29, 1.82) is 0 Å². The summed E-state index contributed by atoms with van der Waals surface area (Å²) in [5.41, 5.74) is -3.16. The predicted molar refractivity (Wildman–Crippen MR) is 97.3 cm³/mol. The van der Waals surface area contributed by atoms with E-state index in [1.807, 2.05) is 0 Å². The SMILES string of the molecule is O=C(CSC(F)(F)F)NCc1cccc(NC(=O)CCN2CCOCC2)c1. The molecule has 0 atom stereocenters. The van der Waals surface area contributed by atoms with E-state index in [0.717, 1.165) is 13.1 Å². The zero-order valence-corrected chi connectivity index (χ0v) is 15.5. The van der Waals surface area contributed by atoms with Crippen molar-refractivity contribution in [3.8, 4) is 0 Å². The number of amides is 2. The average Bonchev–Trinajstić information content (AvgIpc) is 2.64. The second-order valence-electron chi connectivity index (χ2n) is 5.96. The summed E-state index contributed by atoms with van der Waals surface area (Å²) >= 11 is -0.375. The molecule has 150 valence electrons. The van der Waals surface area contributed by atoms with Crippen molar-refractivity contribution >= 4 is 29.3 Å². The smallest absolute Gasteiger partial charge is 0.379 e. The summed E-state index contributed by atoms with van der Waals surface area (Å²) in [6.45, 7) is 3.73. The number of anilines is 1. The van der Waals surface area contributed by atoms with Crippen LogP contribution in [0.25, 0.3) is 0 Å². The summed E-state index contributed by atoms with van der Waals surface area (Å²) in [4.78, 5) is 25.7. The van der Waals surface area contributed by atoms with Crippen LogP contribution in [0.1, 0.15) is 12.0 Å². The number of nitrogens with one attached hydrogen (secondary N) is 2. The quantitative estimate of drug-likeness (QED) is 0.694. The van der Waals surface area contributed by atoms with Gasteiger partial charge in [-0.25, -0.2) is 0 Å². The van der Waals surface area contributed by atoms with E-state index in [-0.39, 0.29) is 24.2 Å². The van der Waals surface area contributed by atoms with Gasteiger partial charge in [0.2, 0.25) is 11.8 Å². The molecule has 27 heavy (non-hydrogen) atoms. The van der Waals surface area contributed by atoms with Crippen LogP contribution in [0.4, 0.5) is 18.9 Å². The number of benzene rings is 1. The first-order valence-corrected chi connectivity index (χ1v) is 9.47. The Kier molecular flexibility index (Phi) is 8.39. The van der Waals surface area contributed by atoms with Gasteiger partial charge in [-0.2, -0.15) is 13.2 Å². The molecule has 0 aromatic heterocycles. The van der Waals surface area contributed by atoms with Gasteiger partial charge >= 0.3 is 5.51 Å². The van der Waals surface area contributed by atoms with Crippen molar-refractivity contribution in [2.45, 2.75) is 18.5 Å². The number of morpholine rings is 1. The highest BCUT2D eigenvalue weighted by Gasteiger charge is 2.29. The molecule has 2 N–H and O–H groups in total. The molecule has 0 spiro atoms. The minimum Gasteiger partial charge on any atom is -0.379 e. The van der Waals surface area contributed by atoms with Crippen LogP contribution < -0.4 is 10.6 Å². The van der Waals surface area contributed by atoms with Crippen molar-refractivity contribution < 1.29 is 27.5 Å². The zero-order valence-electron chi connectivity index (χ0n) is 14.7. The lowest BCUT2D eigenvalue weighted by atomic mass is 10.2. The summed E-state index contributed by atoms with van der Waals surface area (Å²) in [6.07, 6.45) is 0.357. The number of carbonyl (C=O) groups excluding carboxylic acids is 2. The van der Waals surface area contributed by atoms with Crippen LogP contribution in [0.5, 0.6) is 0 Å². The molecule has 1 heterocycles. The number of carbonyl (C=O) groups is 2. The number of halogens is 3. The van der Waals surface area contributed by atoms with Crippen LogP contribution in [0.2, 0.25) is 0 Å². The van der Waals surface area contributed by atoms with Gasteiger partial charge in [0.1, 0.15) is 0 Å². The summed E-state index contributed by atoms with van der Waals surface area (Å²) < 4.78 is 41.5. The standard InChI is InChI=1S/C17H22F3N3O3S/c18-17(19,20)27-12-16(25)21-11-13-2-1-3-14(10-13)22-15(24)4-5-23-6-8-26-9-7-23/h1-3,10H,4-9,11-12H2,(H,21,25)(H,22,24). The van der Waals surface area contributed by atoms with Crippen molar-refractivity contribution in [3.63, 3.8) is 0 Å². The molecule has 10 heteroatoms. The van der Waals surface area contributed by atoms with E-state index < -0.39 is 17.2 Å². The fraction of sp³-hybridized carbons (Fsp3) is 0.529. The molecule has 0 aliphatic carbocycles. The Morgan fingerprint density at radius 2 is 1.93 bits per heavy atom. The summed E-state index contributed by atoms with van der Waals surface area (Å²) in [5, 5.41) is 5.22. The van der Waals surface area contributed by atoms with Gasteiger partial charge in [0.05, 0.1) is 19.0 Å². The molecule has 0 bridgehead atoms. The fourth-order valence-electron chi connectivity index (χ4n) is 2.47. The monoisotopic (exact) mass is 405 g/mol. The number of hydrogen-bond donors (Lipinski definition) is 2. The number of thioether (sulfide) groups is 1. The molecular formula is C17H22F3N3O3S. The highest BCUT2D eigenvalue weighted by atomic mass is 32.2. The highest BCUT2D eigenvalue weighted by Crippen LogP contribution is 2.29. The first-order valence-electron chi connectivity index (χ1n) is 8.48. The number of ether oxygens (including phenoxy) is 1. The molecule has 2 amide bonds. The van der Waals surface area contributed by atoms with Gasteiger partial charge in [-0.1, -0.05) is 12.1 Å². The van der Waals surface area contributed by atoms with Crippen LogP contribution in [-0.2, 0) is 20.9 Å². The number of nitrogens with zero attached hydrogens (tertiary/aromatic N) is 1. The largest absolute Gasteiger partial charge is 0.442 e. The van der Waals surface area contributed by atoms with Gasteiger partial charge in [0, 0.05) is 38.3 Å². The average molecular weight is 405 g/mol. The van der Waals surface area contributed by atoms with E-state index >= 15 is 0 Å². The van der Waals surface area contributed by atoms with Crippen molar-refractivity contribution in [3.05, 3.63) is 29.8 Å². The van der Waals surface area contributed by atoms with Gasteiger partial charge in [0.15, 0.2) is 0 Å². The minimum atomic E-state index is -4.43. The molecule has 1 aliphatic heterocycles. The maximum Gasteiger partial charge on any atom is 0.442 e. The lowest BCUT2D eigenvalue weighted by Gasteiger charge is -2.26. The fourth-order valence-corrected chi connectivity index (χ4v) is 2.86. The molecule has 1 aliphatic rings. The van der Waals surface area contributed by atoms with Gasteiger partial charge in [-0.15, -0.1) is 0 Å². The van der Waals surface area contributed by atoms with Crippen LogP contribution in [-0.4, -0.2) is 60.8 Å². The third kappa shape index (κ3) is 9.12. The van der Waals surface area contributed by atoms with E-state index in [1.54, 1.807) is 24.3 Å². The Labute approximate surface area is 159 Å². The van der Waals surface area contributed by atoms with E-state index in [0.29, 0.717) is 37.4 Å². The Balaban J connectivity index is 1.73. The van der Waals surface area contributed by atoms with Gasteiger partial charge in [0.25, 0.3) is 0 Å². The van der Waals surface area contributed by atoms with Crippen LogP contribution in [0.3, 0.4) is 0 Å². The highest BCUT2D eigenvalue weighted by molar-refractivity contribution is 8.00. The molecule has 1 fully saturated rings. The molecule has 0 unspecified atom stereocenters. The second kappa shape index (κ2) is 10.5. The zero-order chi connectivity index (χ0) is 19.7. The normalized spacial score (nSPS) is 15.4. The molecule has 1 aromatic carbocycles. The number of hydrogen-bond acceptors (Lipinski definition) is 5. The predicted octanol–water partition coefficient (Wildman–Crippen LogP) is 2.22. The molecule has 0 saturated carbocycles. The van der Waals surface area contributed by atoms with Crippen molar-refractivity contribution in [2.75, 3.05) is 43.9 Å². The minimum absolute atomic E-state index is 0.0920. The third-order valence-electron chi connectivity index (χ3n) is 3.83. The molecule has 6 nitrogen and oxygen atoms in total. The Hall–Kier alpha value is -1.78. The number of rotatable bonds is 8. The Morgan fingerprint density at radius 3 is 2.63 bits per heavy atom. The van der Waals surface area contributed by atoms with Gasteiger partial charge < -0.3 is 15.4 Å². The van der Waals surface area contributed by atoms with E-state index in [2.05, 4.69) is 15.5 Å². The van der Waals surface area contributed by atoms with Gasteiger partial charge in [-0.05, 0) is 29.5 Å². The lowest BCUT2D eigenvalue weighted by Crippen LogP contribution is -2.38. The Morgan fingerprint density at radius 1 is 1.19 bits per heavy atom. The molecule has 1 saturated heterocycles. The van der Waals surface area contributed by atoms with E-state index in [1.165, 1.54) is 0 Å². The van der Waals surface area contributed by atoms with Crippen molar-refractivity contribution in [2.24, 2.45) is 0 Å². The molecule has 0 radical (unpaired) electrons. The number of alkyl halides is 3. The first-order chi connectivity index (χ1) is 12.8. The summed E-state index contributed by atoms with van der Waals surface area (Å²) in [5.74, 6) is -1.50. The molecular weight excluding hydrogens is 383 g/mol. The molecule has 1 aromatic rings. The van der Waals surface area contributed by atoms with Gasteiger partial charge in [-0.3, -0.25) is 14.5 Å².